The largest absolute Gasteiger partial charge is 0.493 e. The van der Waals surface area contributed by atoms with Crippen LogP contribution in [0.25, 0.3) is 11.6 Å². The average Bonchev–Trinajstić information content (AvgIpc) is 3.09. The van der Waals surface area contributed by atoms with E-state index in [-0.39, 0.29) is 12.2 Å². The van der Waals surface area contributed by atoms with Crippen molar-refractivity contribution in [2.75, 3.05) is 20.8 Å². The summed E-state index contributed by atoms with van der Waals surface area (Å²) < 4.78 is 15.7. The van der Waals surface area contributed by atoms with Crippen molar-refractivity contribution in [2.45, 2.75) is 13.8 Å². The molecule has 0 atom stereocenters. The minimum absolute atomic E-state index is 0.0615. The van der Waals surface area contributed by atoms with Crippen molar-refractivity contribution in [2.24, 2.45) is 0 Å². The van der Waals surface area contributed by atoms with E-state index in [2.05, 4.69) is 0 Å². The maximum Gasteiger partial charge on any atom is 0.349 e. The number of benzene rings is 1. The number of nitrogens with zero attached hydrogens (tertiary/aromatic N) is 1. The molecule has 0 saturated carbocycles. The Kier molecular flexibility index (Phi) is 7.21. The number of hydrogen-bond donors (Lipinski definition) is 0. The van der Waals surface area contributed by atoms with Gasteiger partial charge in [0.15, 0.2) is 11.5 Å². The van der Waals surface area contributed by atoms with Crippen LogP contribution in [0.1, 0.15) is 22.2 Å². The molecule has 0 aliphatic heterocycles. The molecule has 1 aromatic carbocycles. The summed E-state index contributed by atoms with van der Waals surface area (Å²) in [6.45, 7) is 3.91. The van der Waals surface area contributed by atoms with E-state index in [0.717, 1.165) is 4.88 Å². The molecular formula is C21H21NO4S. The first-order chi connectivity index (χ1) is 13.0. The second kappa shape index (κ2) is 9.60. The third-order valence-corrected chi connectivity index (χ3v) is 4.70. The van der Waals surface area contributed by atoms with Crippen molar-refractivity contribution >= 4 is 29.0 Å². The fourth-order valence-electron chi connectivity index (χ4n) is 2.46. The van der Waals surface area contributed by atoms with Gasteiger partial charge in [0.1, 0.15) is 11.6 Å². The minimum Gasteiger partial charge on any atom is -0.493 e. The lowest BCUT2D eigenvalue weighted by Crippen LogP contribution is -2.08. The van der Waals surface area contributed by atoms with E-state index < -0.39 is 5.97 Å². The second-order valence-electron chi connectivity index (χ2n) is 5.47. The van der Waals surface area contributed by atoms with E-state index in [0.29, 0.717) is 22.6 Å². The van der Waals surface area contributed by atoms with Gasteiger partial charge in [-0.05, 0) is 49.8 Å². The van der Waals surface area contributed by atoms with Crippen molar-refractivity contribution in [1.29, 1.82) is 5.26 Å². The predicted octanol–water partition coefficient (Wildman–Crippen LogP) is 4.63. The second-order valence-corrected chi connectivity index (χ2v) is 6.79. The Bertz CT molecular complexity index is 919. The van der Waals surface area contributed by atoms with Gasteiger partial charge in [0, 0.05) is 15.3 Å². The van der Waals surface area contributed by atoms with Gasteiger partial charge in [-0.15, -0.1) is 11.3 Å². The number of nitriles is 1. The van der Waals surface area contributed by atoms with Crippen molar-refractivity contribution in [3.8, 4) is 17.6 Å². The minimum atomic E-state index is -0.656. The first-order valence-corrected chi connectivity index (χ1v) is 9.14. The molecule has 2 rings (SSSR count). The summed E-state index contributed by atoms with van der Waals surface area (Å²) in [6, 6.07) is 11.2. The first-order valence-electron chi connectivity index (χ1n) is 8.32. The van der Waals surface area contributed by atoms with Crippen LogP contribution in [0.15, 0.2) is 42.0 Å². The molecule has 140 valence electrons. The summed E-state index contributed by atoms with van der Waals surface area (Å²) in [4.78, 5) is 14.5. The molecule has 1 aromatic heterocycles. The van der Waals surface area contributed by atoms with Crippen LogP contribution in [0.4, 0.5) is 0 Å². The number of carbonyl (C=O) groups excluding carboxylic acids is 1. The van der Waals surface area contributed by atoms with E-state index in [1.807, 2.05) is 31.2 Å². The monoisotopic (exact) mass is 383 g/mol. The Morgan fingerprint density at radius 2 is 1.93 bits per heavy atom. The number of allylic oxidation sites excluding steroid dienone is 2. The summed E-state index contributed by atoms with van der Waals surface area (Å²) >= 11 is 1.62. The molecule has 5 nitrogen and oxygen atoms in total. The van der Waals surface area contributed by atoms with Crippen LogP contribution in [0, 0.1) is 18.3 Å². The smallest absolute Gasteiger partial charge is 0.349 e. The summed E-state index contributed by atoms with van der Waals surface area (Å²) in [5.41, 5.74) is 1.05. The average molecular weight is 383 g/mol. The van der Waals surface area contributed by atoms with Crippen LogP contribution in [-0.4, -0.2) is 26.8 Å². The van der Waals surface area contributed by atoms with Crippen LogP contribution in [0.3, 0.4) is 0 Å². The fourth-order valence-corrected chi connectivity index (χ4v) is 3.24. The Hall–Kier alpha value is -3.04. The molecule has 0 amide bonds. The number of esters is 1. The zero-order chi connectivity index (χ0) is 19.8. The lowest BCUT2D eigenvalue weighted by molar-refractivity contribution is -0.137. The summed E-state index contributed by atoms with van der Waals surface area (Å²) in [6.07, 6.45) is 3.63. The highest BCUT2D eigenvalue weighted by atomic mass is 32.1. The van der Waals surface area contributed by atoms with Gasteiger partial charge >= 0.3 is 5.97 Å². The number of thiophene rings is 1. The molecule has 0 aliphatic rings. The molecule has 0 aliphatic carbocycles. The van der Waals surface area contributed by atoms with Gasteiger partial charge in [0.05, 0.1) is 20.8 Å². The van der Waals surface area contributed by atoms with Crippen LogP contribution >= 0.6 is 11.3 Å². The Balaban J connectivity index is 2.60. The molecule has 0 fully saturated rings. The van der Waals surface area contributed by atoms with Crippen LogP contribution in [-0.2, 0) is 9.53 Å². The lowest BCUT2D eigenvalue weighted by Gasteiger charge is -2.11. The molecule has 2 aromatic rings. The van der Waals surface area contributed by atoms with E-state index in [9.17, 15) is 10.1 Å². The van der Waals surface area contributed by atoms with Crippen LogP contribution < -0.4 is 9.47 Å². The molecule has 0 radical (unpaired) electrons. The van der Waals surface area contributed by atoms with E-state index in [4.69, 9.17) is 14.2 Å². The third kappa shape index (κ3) is 4.99. The summed E-state index contributed by atoms with van der Waals surface area (Å²) in [7, 11) is 3.08. The molecule has 0 N–H and O–H groups in total. The van der Waals surface area contributed by atoms with Crippen molar-refractivity contribution < 1.29 is 19.0 Å². The number of rotatable bonds is 7. The fraction of sp³-hybridized carbons (Fsp3) is 0.238. The Morgan fingerprint density at radius 3 is 2.48 bits per heavy atom. The quantitative estimate of drug-likeness (QED) is 0.302. The highest BCUT2D eigenvalue weighted by molar-refractivity contribution is 7.12. The molecule has 0 saturated heterocycles. The van der Waals surface area contributed by atoms with Crippen LogP contribution in [0.2, 0.25) is 0 Å². The molecule has 0 bridgehead atoms. The highest BCUT2D eigenvalue weighted by Crippen LogP contribution is 2.32. The Morgan fingerprint density at radius 1 is 1.19 bits per heavy atom. The molecular weight excluding hydrogens is 362 g/mol. The van der Waals surface area contributed by atoms with Crippen molar-refractivity contribution in [3.05, 3.63) is 57.3 Å². The normalized spacial score (nSPS) is 11.7. The van der Waals surface area contributed by atoms with E-state index in [1.54, 1.807) is 49.6 Å². The lowest BCUT2D eigenvalue weighted by atomic mass is 9.99. The molecule has 0 unspecified atom stereocenters. The van der Waals surface area contributed by atoms with Gasteiger partial charge < -0.3 is 14.2 Å². The maximum absolute atomic E-state index is 12.3. The Labute approximate surface area is 163 Å². The van der Waals surface area contributed by atoms with Gasteiger partial charge in [-0.25, -0.2) is 4.79 Å². The molecule has 0 spiro atoms. The maximum atomic E-state index is 12.3. The van der Waals surface area contributed by atoms with Crippen molar-refractivity contribution in [3.63, 3.8) is 0 Å². The zero-order valence-corrected chi connectivity index (χ0v) is 16.6. The molecule has 1 heterocycles. The summed E-state index contributed by atoms with van der Waals surface area (Å²) in [5.74, 6) is 0.416. The van der Waals surface area contributed by atoms with E-state index in [1.165, 1.54) is 12.0 Å². The van der Waals surface area contributed by atoms with Gasteiger partial charge in [-0.2, -0.15) is 5.26 Å². The number of hydrogen-bond acceptors (Lipinski definition) is 6. The standard InChI is InChI=1S/C21H21NO4S/c1-5-26-21(23)18(13-22)17(10-9-16-8-6-14(2)27-16)15-7-11-19(24-3)20(12-15)25-4/h6-12H,5H2,1-4H3/b10-9+,18-17-. The molecule has 6 heteroatoms. The van der Waals surface area contributed by atoms with Crippen molar-refractivity contribution in [1.82, 2.24) is 0 Å². The van der Waals surface area contributed by atoms with E-state index >= 15 is 0 Å². The third-order valence-electron chi connectivity index (χ3n) is 3.73. The molecule has 27 heavy (non-hydrogen) atoms. The number of methoxy groups -OCH3 is 2. The SMILES string of the molecule is CCOC(=O)/C(C#N)=C(/C=C/c1ccc(C)s1)c1ccc(OC)c(OC)c1. The highest BCUT2D eigenvalue weighted by Gasteiger charge is 2.18. The number of aryl methyl sites for hydroxylation is 1. The van der Waals surface area contributed by atoms with Gasteiger partial charge in [-0.1, -0.05) is 12.1 Å². The first kappa shape index (κ1) is 20.3. The topological polar surface area (TPSA) is 68.6 Å². The van der Waals surface area contributed by atoms with Gasteiger partial charge in [0.25, 0.3) is 0 Å². The predicted molar refractivity (Wildman–Crippen MR) is 107 cm³/mol. The summed E-state index contributed by atoms with van der Waals surface area (Å²) in [5, 5.41) is 9.59. The van der Waals surface area contributed by atoms with Gasteiger partial charge in [0.2, 0.25) is 0 Å². The number of ether oxygens (including phenoxy) is 3. The van der Waals surface area contributed by atoms with Gasteiger partial charge in [-0.3, -0.25) is 0 Å². The van der Waals surface area contributed by atoms with Crippen LogP contribution in [0.5, 0.6) is 11.5 Å². The number of carbonyl (C=O) groups is 1. The zero-order valence-electron chi connectivity index (χ0n) is 15.7.